The lowest BCUT2D eigenvalue weighted by molar-refractivity contribution is 0.0600. The smallest absolute Gasteiger partial charge is 0.337 e. The lowest BCUT2D eigenvalue weighted by Gasteiger charge is -2.39. The number of carbonyl (C=O) groups excluding carboxylic acids is 1. The highest BCUT2D eigenvalue weighted by molar-refractivity contribution is 5.89. The maximum atomic E-state index is 15.6. The van der Waals surface area contributed by atoms with Gasteiger partial charge in [-0.05, 0) is 72.6 Å². The van der Waals surface area contributed by atoms with Crippen LogP contribution in [0, 0.1) is 17.7 Å². The first-order valence-corrected chi connectivity index (χ1v) is 11.1. The summed E-state index contributed by atoms with van der Waals surface area (Å²) in [5, 5.41) is 0. The quantitative estimate of drug-likeness (QED) is 0.470. The summed E-state index contributed by atoms with van der Waals surface area (Å²) in [4.78, 5) is 16.1. The molecule has 0 aliphatic heterocycles. The molecule has 0 saturated heterocycles. The summed E-state index contributed by atoms with van der Waals surface area (Å²) in [7, 11) is 1.38. The molecule has 2 fully saturated rings. The second-order valence-electron chi connectivity index (χ2n) is 8.87. The minimum Gasteiger partial charge on any atom is -0.487 e. The van der Waals surface area contributed by atoms with Gasteiger partial charge in [-0.1, -0.05) is 30.7 Å². The van der Waals surface area contributed by atoms with E-state index < -0.39 is 0 Å². The van der Waals surface area contributed by atoms with Gasteiger partial charge in [0.2, 0.25) is 0 Å². The molecule has 5 heteroatoms. The number of methoxy groups -OCH3 is 1. The van der Waals surface area contributed by atoms with Crippen molar-refractivity contribution in [2.45, 2.75) is 37.7 Å². The Balaban J connectivity index is 1.47. The number of esters is 1. The van der Waals surface area contributed by atoms with E-state index in [1.54, 1.807) is 18.3 Å². The summed E-state index contributed by atoms with van der Waals surface area (Å²) < 4.78 is 26.2. The third-order valence-electron chi connectivity index (χ3n) is 7.20. The van der Waals surface area contributed by atoms with E-state index >= 15 is 4.39 Å². The van der Waals surface area contributed by atoms with E-state index in [0.29, 0.717) is 29.8 Å². The van der Waals surface area contributed by atoms with Crippen LogP contribution in [0.2, 0.25) is 0 Å². The number of rotatable bonds is 6. The van der Waals surface area contributed by atoms with Gasteiger partial charge in [-0.3, -0.25) is 4.98 Å². The first kappa shape index (κ1) is 20.7. The number of nitrogens with zero attached hydrogens (tertiary/aromatic N) is 1. The van der Waals surface area contributed by atoms with Crippen molar-refractivity contribution in [1.82, 2.24) is 4.98 Å². The van der Waals surface area contributed by atoms with Gasteiger partial charge in [0.05, 0.1) is 18.4 Å². The Labute approximate surface area is 187 Å². The second kappa shape index (κ2) is 8.38. The van der Waals surface area contributed by atoms with Crippen LogP contribution in [-0.2, 0) is 16.8 Å². The molecule has 0 spiro atoms. The van der Waals surface area contributed by atoms with Gasteiger partial charge >= 0.3 is 5.97 Å². The topological polar surface area (TPSA) is 48.4 Å². The highest BCUT2D eigenvalue weighted by atomic mass is 19.1. The zero-order chi connectivity index (χ0) is 22.1. The molecule has 32 heavy (non-hydrogen) atoms. The van der Waals surface area contributed by atoms with E-state index in [4.69, 9.17) is 9.47 Å². The van der Waals surface area contributed by atoms with Crippen LogP contribution >= 0.6 is 0 Å². The molecule has 3 aromatic rings. The van der Waals surface area contributed by atoms with Crippen molar-refractivity contribution in [3.8, 4) is 5.75 Å². The van der Waals surface area contributed by atoms with Gasteiger partial charge in [0.15, 0.2) is 0 Å². The van der Waals surface area contributed by atoms with Crippen molar-refractivity contribution in [3.63, 3.8) is 0 Å². The standard InChI is InChI=1S/C27H26FNO3/c1-31-26(30)19-6-9-20(10-7-19)27(16-18-5-8-21(27)14-18)24-12-11-23(15-25(24)28)32-17-22-4-2-3-13-29-22/h2-4,6-7,9-13,15,18,21H,5,8,14,16-17H2,1H3. The van der Waals surface area contributed by atoms with Gasteiger partial charge in [0.25, 0.3) is 0 Å². The highest BCUT2D eigenvalue weighted by Crippen LogP contribution is 2.60. The average molecular weight is 432 g/mol. The number of hydrogen-bond donors (Lipinski definition) is 0. The first-order chi connectivity index (χ1) is 15.6. The summed E-state index contributed by atoms with van der Waals surface area (Å²) in [5.74, 6) is 0.898. The summed E-state index contributed by atoms with van der Waals surface area (Å²) in [6, 6.07) is 18.4. The van der Waals surface area contributed by atoms with Crippen LogP contribution in [0.4, 0.5) is 4.39 Å². The number of hydrogen-bond acceptors (Lipinski definition) is 4. The second-order valence-corrected chi connectivity index (χ2v) is 8.87. The third-order valence-corrected chi connectivity index (χ3v) is 7.20. The van der Waals surface area contributed by atoms with E-state index in [1.807, 2.05) is 42.5 Å². The fourth-order valence-corrected chi connectivity index (χ4v) is 5.78. The van der Waals surface area contributed by atoms with Gasteiger partial charge < -0.3 is 9.47 Å². The largest absolute Gasteiger partial charge is 0.487 e. The predicted molar refractivity (Wildman–Crippen MR) is 119 cm³/mol. The highest BCUT2D eigenvalue weighted by Gasteiger charge is 2.53. The Morgan fingerprint density at radius 3 is 2.59 bits per heavy atom. The Bertz CT molecular complexity index is 1120. The summed E-state index contributed by atoms with van der Waals surface area (Å²) >= 11 is 0. The van der Waals surface area contributed by atoms with Gasteiger partial charge in [-0.2, -0.15) is 0 Å². The minimum atomic E-state index is -0.374. The molecule has 0 N–H and O–H groups in total. The van der Waals surface area contributed by atoms with Crippen LogP contribution in [0.1, 0.15) is 52.9 Å². The monoisotopic (exact) mass is 431 g/mol. The first-order valence-electron chi connectivity index (χ1n) is 11.1. The molecule has 1 aromatic heterocycles. The van der Waals surface area contributed by atoms with E-state index in [9.17, 15) is 4.79 Å². The van der Waals surface area contributed by atoms with Crippen molar-refractivity contribution in [2.75, 3.05) is 7.11 Å². The van der Waals surface area contributed by atoms with Crippen LogP contribution < -0.4 is 4.74 Å². The Morgan fingerprint density at radius 1 is 1.12 bits per heavy atom. The zero-order valence-corrected chi connectivity index (χ0v) is 18.1. The molecule has 1 heterocycles. The minimum absolute atomic E-state index is 0.242. The molecule has 2 aliphatic carbocycles. The van der Waals surface area contributed by atoms with Crippen LogP contribution in [-0.4, -0.2) is 18.1 Å². The van der Waals surface area contributed by atoms with Gasteiger partial charge in [-0.15, -0.1) is 0 Å². The number of benzene rings is 2. The Morgan fingerprint density at radius 2 is 1.97 bits per heavy atom. The molecule has 2 aromatic carbocycles. The maximum Gasteiger partial charge on any atom is 0.337 e. The fourth-order valence-electron chi connectivity index (χ4n) is 5.78. The average Bonchev–Trinajstić information content (AvgIpc) is 3.45. The number of ether oxygens (including phenoxy) is 2. The van der Waals surface area contributed by atoms with Crippen molar-refractivity contribution < 1.29 is 18.7 Å². The number of halogens is 1. The van der Waals surface area contributed by atoms with Crippen LogP contribution in [0.3, 0.4) is 0 Å². The summed E-state index contributed by atoms with van der Waals surface area (Å²) in [5.41, 5.74) is 2.72. The van der Waals surface area contributed by atoms with E-state index in [-0.39, 0.29) is 17.2 Å². The van der Waals surface area contributed by atoms with Crippen molar-refractivity contribution >= 4 is 5.97 Å². The Kier molecular flexibility index (Phi) is 5.41. The van der Waals surface area contributed by atoms with Crippen molar-refractivity contribution in [1.29, 1.82) is 0 Å². The van der Waals surface area contributed by atoms with E-state index in [2.05, 4.69) is 4.98 Å². The summed E-state index contributed by atoms with van der Waals surface area (Å²) in [6.45, 7) is 0.296. The normalized spacial score (nSPS) is 23.8. The van der Waals surface area contributed by atoms with Gasteiger partial charge in [0, 0.05) is 17.7 Å². The molecule has 2 saturated carbocycles. The van der Waals surface area contributed by atoms with E-state index in [1.165, 1.54) is 19.6 Å². The number of aromatic nitrogens is 1. The molecule has 0 amide bonds. The molecular weight excluding hydrogens is 405 g/mol. The Hall–Kier alpha value is -3.21. The third kappa shape index (κ3) is 3.56. The molecule has 164 valence electrons. The summed E-state index contributed by atoms with van der Waals surface area (Å²) in [6.07, 6.45) is 6.07. The number of pyridine rings is 1. The molecule has 5 rings (SSSR count). The SMILES string of the molecule is COC(=O)c1ccc(C2(c3ccc(OCc4ccccn4)cc3F)CC3CCC2C3)cc1. The molecule has 2 aliphatic rings. The zero-order valence-electron chi connectivity index (χ0n) is 18.1. The number of carbonyl (C=O) groups is 1. The lowest BCUT2D eigenvalue weighted by atomic mass is 9.64. The van der Waals surface area contributed by atoms with Crippen LogP contribution in [0.15, 0.2) is 66.9 Å². The molecule has 2 bridgehead atoms. The number of fused-ring (bicyclic) bond motifs is 2. The molecule has 3 atom stereocenters. The van der Waals surface area contributed by atoms with Gasteiger partial charge in [-0.25, -0.2) is 9.18 Å². The van der Waals surface area contributed by atoms with E-state index in [0.717, 1.165) is 36.1 Å². The van der Waals surface area contributed by atoms with Crippen molar-refractivity contribution in [2.24, 2.45) is 11.8 Å². The fraction of sp³-hybridized carbons (Fsp3) is 0.333. The molecule has 4 nitrogen and oxygen atoms in total. The van der Waals surface area contributed by atoms with Crippen molar-refractivity contribution in [3.05, 3.63) is 95.1 Å². The molecular formula is C27H26FNO3. The van der Waals surface area contributed by atoms with Crippen LogP contribution in [0.25, 0.3) is 0 Å². The van der Waals surface area contributed by atoms with Crippen LogP contribution in [0.5, 0.6) is 5.75 Å². The molecule has 0 radical (unpaired) electrons. The lowest BCUT2D eigenvalue weighted by Crippen LogP contribution is -2.35. The van der Waals surface area contributed by atoms with Gasteiger partial charge in [0.1, 0.15) is 18.2 Å². The molecule has 3 unspecified atom stereocenters. The maximum absolute atomic E-state index is 15.6. The predicted octanol–water partition coefficient (Wildman–Crippen LogP) is 5.69.